The largest absolute Gasteiger partial charge is 0.495 e. The Morgan fingerprint density at radius 1 is 1.17 bits per heavy atom. The van der Waals surface area contributed by atoms with E-state index in [9.17, 15) is 4.39 Å². The lowest BCUT2D eigenvalue weighted by Crippen LogP contribution is -2.42. The van der Waals surface area contributed by atoms with Gasteiger partial charge in [0.25, 0.3) is 0 Å². The van der Waals surface area contributed by atoms with E-state index in [2.05, 4.69) is 16.3 Å². The molecule has 5 heteroatoms. The summed E-state index contributed by atoms with van der Waals surface area (Å²) in [6.45, 7) is 2.54. The number of benzene rings is 2. The monoisotopic (exact) mass is 329 g/mol. The zero-order valence-corrected chi connectivity index (χ0v) is 14.0. The number of anilines is 2. The van der Waals surface area contributed by atoms with E-state index in [1.54, 1.807) is 13.2 Å². The molecular weight excluding hydrogens is 305 g/mol. The number of methoxy groups -OCH3 is 1. The van der Waals surface area contributed by atoms with Crippen molar-refractivity contribution in [1.82, 2.24) is 5.32 Å². The number of piperidine rings is 1. The Balaban J connectivity index is 1.55. The standard InChI is InChI=1S/C19H24FN3O/c1-24-18-8-3-2-7-17(18)23-11-9-15(10-12-23)22-13-14-5-4-6-16(20)19(14)21/h2-8,15,22H,9-13,21H2,1H3. The molecule has 0 aliphatic carbocycles. The van der Waals surface area contributed by atoms with Gasteiger partial charge in [-0.15, -0.1) is 0 Å². The first-order valence-electron chi connectivity index (χ1n) is 8.33. The van der Waals surface area contributed by atoms with E-state index in [1.165, 1.54) is 6.07 Å². The van der Waals surface area contributed by atoms with Crippen molar-refractivity contribution in [1.29, 1.82) is 0 Å². The van der Waals surface area contributed by atoms with Crippen LogP contribution in [0.5, 0.6) is 5.75 Å². The first-order valence-corrected chi connectivity index (χ1v) is 8.33. The van der Waals surface area contributed by atoms with Crippen LogP contribution in [0.2, 0.25) is 0 Å². The highest BCUT2D eigenvalue weighted by atomic mass is 19.1. The molecule has 1 aliphatic rings. The van der Waals surface area contributed by atoms with Crippen LogP contribution in [0.3, 0.4) is 0 Å². The number of nitrogens with zero attached hydrogens (tertiary/aromatic N) is 1. The minimum Gasteiger partial charge on any atom is -0.495 e. The molecule has 3 N–H and O–H groups in total. The number of para-hydroxylation sites is 3. The third kappa shape index (κ3) is 3.62. The first-order chi connectivity index (χ1) is 11.7. The topological polar surface area (TPSA) is 50.5 Å². The molecule has 1 fully saturated rings. The average molecular weight is 329 g/mol. The molecule has 0 aromatic heterocycles. The van der Waals surface area contributed by atoms with Crippen LogP contribution in [0.4, 0.5) is 15.8 Å². The predicted octanol–water partition coefficient (Wildman–Crippen LogP) is 3.18. The van der Waals surface area contributed by atoms with E-state index in [4.69, 9.17) is 10.5 Å². The first kappa shape index (κ1) is 16.6. The van der Waals surface area contributed by atoms with Gasteiger partial charge in [-0.2, -0.15) is 0 Å². The Morgan fingerprint density at radius 3 is 2.67 bits per heavy atom. The Bertz CT molecular complexity index is 684. The van der Waals surface area contributed by atoms with Crippen molar-refractivity contribution in [2.75, 3.05) is 30.8 Å². The lowest BCUT2D eigenvalue weighted by atomic mass is 10.0. The van der Waals surface area contributed by atoms with E-state index in [1.807, 2.05) is 24.3 Å². The van der Waals surface area contributed by atoms with Crippen LogP contribution in [-0.2, 0) is 6.54 Å². The molecule has 128 valence electrons. The summed E-state index contributed by atoms with van der Waals surface area (Å²) >= 11 is 0. The zero-order chi connectivity index (χ0) is 16.9. The molecule has 3 rings (SSSR count). The molecule has 2 aromatic rings. The predicted molar refractivity (Wildman–Crippen MR) is 95.9 cm³/mol. The van der Waals surface area contributed by atoms with Gasteiger partial charge >= 0.3 is 0 Å². The van der Waals surface area contributed by atoms with Crippen LogP contribution >= 0.6 is 0 Å². The van der Waals surface area contributed by atoms with Crippen molar-refractivity contribution < 1.29 is 9.13 Å². The van der Waals surface area contributed by atoms with Crippen LogP contribution in [0.15, 0.2) is 42.5 Å². The summed E-state index contributed by atoms with van der Waals surface area (Å²) in [5.74, 6) is 0.566. The number of hydrogen-bond acceptors (Lipinski definition) is 4. The lowest BCUT2D eigenvalue weighted by Gasteiger charge is -2.34. The van der Waals surface area contributed by atoms with Crippen molar-refractivity contribution in [2.45, 2.75) is 25.4 Å². The van der Waals surface area contributed by atoms with Crippen molar-refractivity contribution in [3.8, 4) is 5.75 Å². The van der Waals surface area contributed by atoms with Gasteiger partial charge < -0.3 is 20.7 Å². The van der Waals surface area contributed by atoms with E-state index in [-0.39, 0.29) is 11.5 Å². The smallest absolute Gasteiger partial charge is 0.146 e. The van der Waals surface area contributed by atoms with Gasteiger partial charge in [-0.3, -0.25) is 0 Å². The molecule has 2 aromatic carbocycles. The third-order valence-corrected chi connectivity index (χ3v) is 4.65. The highest BCUT2D eigenvalue weighted by Crippen LogP contribution is 2.30. The van der Waals surface area contributed by atoms with Crippen LogP contribution < -0.4 is 20.7 Å². The van der Waals surface area contributed by atoms with Crippen molar-refractivity contribution in [3.63, 3.8) is 0 Å². The van der Waals surface area contributed by atoms with E-state index >= 15 is 0 Å². The molecule has 0 unspecified atom stereocenters. The van der Waals surface area contributed by atoms with Crippen LogP contribution in [0.25, 0.3) is 0 Å². The summed E-state index contributed by atoms with van der Waals surface area (Å²) in [6, 6.07) is 13.5. The number of nitrogens with one attached hydrogen (secondary N) is 1. The van der Waals surface area contributed by atoms with Crippen LogP contribution in [-0.4, -0.2) is 26.2 Å². The van der Waals surface area contributed by atoms with Gasteiger partial charge in [0.2, 0.25) is 0 Å². The summed E-state index contributed by atoms with van der Waals surface area (Å²) in [5.41, 5.74) is 8.01. The highest BCUT2D eigenvalue weighted by molar-refractivity contribution is 5.58. The van der Waals surface area contributed by atoms with E-state index in [0.717, 1.165) is 42.9 Å². The molecule has 0 bridgehead atoms. The second kappa shape index (κ2) is 7.53. The maximum absolute atomic E-state index is 13.5. The maximum Gasteiger partial charge on any atom is 0.146 e. The van der Waals surface area contributed by atoms with E-state index in [0.29, 0.717) is 12.6 Å². The third-order valence-electron chi connectivity index (χ3n) is 4.65. The van der Waals surface area contributed by atoms with Gasteiger partial charge in [0.1, 0.15) is 11.6 Å². The molecule has 24 heavy (non-hydrogen) atoms. The molecule has 0 radical (unpaired) electrons. The summed E-state index contributed by atoms with van der Waals surface area (Å²) in [4.78, 5) is 2.35. The minimum atomic E-state index is -0.347. The fourth-order valence-corrected chi connectivity index (χ4v) is 3.21. The van der Waals surface area contributed by atoms with Gasteiger partial charge in [0.05, 0.1) is 18.5 Å². The van der Waals surface area contributed by atoms with Gasteiger partial charge in [-0.1, -0.05) is 24.3 Å². The lowest BCUT2D eigenvalue weighted by molar-refractivity contribution is 0.397. The number of rotatable bonds is 5. The number of nitrogen functional groups attached to an aromatic ring is 1. The van der Waals surface area contributed by atoms with Crippen molar-refractivity contribution in [2.24, 2.45) is 0 Å². The molecule has 0 atom stereocenters. The second-order valence-corrected chi connectivity index (χ2v) is 6.13. The molecule has 1 heterocycles. The SMILES string of the molecule is COc1ccccc1N1CCC(NCc2cccc(F)c2N)CC1. The normalized spacial score (nSPS) is 15.5. The highest BCUT2D eigenvalue weighted by Gasteiger charge is 2.21. The fourth-order valence-electron chi connectivity index (χ4n) is 3.21. The fraction of sp³-hybridized carbons (Fsp3) is 0.368. The Kier molecular flexibility index (Phi) is 5.20. The summed E-state index contributed by atoms with van der Waals surface area (Å²) in [5, 5.41) is 3.50. The van der Waals surface area contributed by atoms with Gasteiger partial charge in [0.15, 0.2) is 0 Å². The molecule has 4 nitrogen and oxygen atoms in total. The Labute approximate surface area is 142 Å². The second-order valence-electron chi connectivity index (χ2n) is 6.13. The van der Waals surface area contributed by atoms with E-state index < -0.39 is 0 Å². The van der Waals surface area contributed by atoms with Crippen molar-refractivity contribution >= 4 is 11.4 Å². The molecule has 1 aliphatic heterocycles. The minimum absolute atomic E-state index is 0.247. The molecule has 0 spiro atoms. The van der Waals surface area contributed by atoms with Crippen LogP contribution in [0, 0.1) is 5.82 Å². The zero-order valence-electron chi connectivity index (χ0n) is 14.0. The number of ether oxygens (including phenoxy) is 1. The summed E-state index contributed by atoms with van der Waals surface area (Å²) in [6.07, 6.45) is 2.07. The molecule has 0 saturated carbocycles. The van der Waals surface area contributed by atoms with Crippen molar-refractivity contribution in [3.05, 3.63) is 53.8 Å². The Hall–Kier alpha value is -2.27. The average Bonchev–Trinajstić information content (AvgIpc) is 2.63. The van der Waals surface area contributed by atoms with Gasteiger partial charge in [0, 0.05) is 25.7 Å². The molecular formula is C19H24FN3O. The number of nitrogens with two attached hydrogens (primary N) is 1. The molecule has 0 amide bonds. The van der Waals surface area contributed by atoms with Gasteiger partial charge in [-0.05, 0) is 36.6 Å². The summed E-state index contributed by atoms with van der Waals surface area (Å²) in [7, 11) is 1.70. The number of halogens is 1. The van der Waals surface area contributed by atoms with Gasteiger partial charge in [-0.25, -0.2) is 4.39 Å². The summed E-state index contributed by atoms with van der Waals surface area (Å²) < 4.78 is 18.9. The molecule has 1 saturated heterocycles. The van der Waals surface area contributed by atoms with Crippen LogP contribution in [0.1, 0.15) is 18.4 Å². The maximum atomic E-state index is 13.5. The quantitative estimate of drug-likeness (QED) is 0.827. The Morgan fingerprint density at radius 2 is 1.92 bits per heavy atom. The number of hydrogen-bond donors (Lipinski definition) is 2.